The van der Waals surface area contributed by atoms with Crippen LogP contribution in [0.5, 0.6) is 0 Å². The summed E-state index contributed by atoms with van der Waals surface area (Å²) in [6.45, 7) is 0.639. The number of rotatable bonds is 5. The minimum Gasteiger partial charge on any atom is -0.326 e. The Morgan fingerprint density at radius 3 is 2.33 bits per heavy atom. The molecule has 1 aliphatic rings. The summed E-state index contributed by atoms with van der Waals surface area (Å²) in [5.41, 5.74) is 8.86. The Bertz CT molecular complexity index is 341. The highest BCUT2D eigenvalue weighted by molar-refractivity contribution is 7.17. The first-order chi connectivity index (χ1) is 8.79. The van der Waals surface area contributed by atoms with Crippen molar-refractivity contribution in [2.45, 2.75) is 57.1 Å². The average molecular weight is 262 g/mol. The van der Waals surface area contributed by atoms with E-state index in [1.165, 1.54) is 56.1 Å². The van der Waals surface area contributed by atoms with E-state index in [0.717, 1.165) is 0 Å². The molecule has 99 valence electrons. The molecular formula is C16H25NP. The maximum atomic E-state index is 5.62. The van der Waals surface area contributed by atoms with Gasteiger partial charge in [0.15, 0.2) is 0 Å². The van der Waals surface area contributed by atoms with Crippen LogP contribution < -0.4 is 5.73 Å². The molecule has 0 aliphatic heterocycles. The van der Waals surface area contributed by atoms with Crippen LogP contribution in [0.3, 0.4) is 0 Å². The van der Waals surface area contributed by atoms with Gasteiger partial charge in [-0.25, -0.2) is 0 Å². The highest BCUT2D eigenvalue weighted by Gasteiger charge is 2.15. The van der Waals surface area contributed by atoms with E-state index in [2.05, 4.69) is 33.5 Å². The Morgan fingerprint density at radius 1 is 1.06 bits per heavy atom. The molecule has 0 bridgehead atoms. The largest absolute Gasteiger partial charge is 0.326 e. The summed E-state index contributed by atoms with van der Waals surface area (Å²) in [4.78, 5) is 0. The number of hydrogen-bond donors (Lipinski definition) is 1. The number of benzene rings is 1. The molecule has 0 saturated heterocycles. The summed E-state index contributed by atoms with van der Waals surface area (Å²) < 4.78 is 0. The lowest BCUT2D eigenvalue weighted by molar-refractivity contribution is 0.496. The van der Waals surface area contributed by atoms with Crippen LogP contribution in [0.25, 0.3) is 0 Å². The summed E-state index contributed by atoms with van der Waals surface area (Å²) in [6.07, 6.45) is 9.61. The second-order valence-corrected chi connectivity index (χ2v) is 6.21. The van der Waals surface area contributed by atoms with Gasteiger partial charge in [0, 0.05) is 6.54 Å². The molecule has 18 heavy (non-hydrogen) atoms. The Balaban J connectivity index is 1.80. The van der Waals surface area contributed by atoms with Crippen molar-refractivity contribution in [2.24, 2.45) is 5.73 Å². The van der Waals surface area contributed by atoms with Gasteiger partial charge < -0.3 is 5.73 Å². The predicted molar refractivity (Wildman–Crippen MR) is 82.3 cm³/mol. The van der Waals surface area contributed by atoms with Crippen molar-refractivity contribution in [3.8, 4) is 0 Å². The van der Waals surface area contributed by atoms with Crippen molar-refractivity contribution in [1.82, 2.24) is 0 Å². The second-order valence-electron chi connectivity index (χ2n) is 5.40. The van der Waals surface area contributed by atoms with Crippen molar-refractivity contribution in [2.75, 3.05) is 0 Å². The molecule has 0 heterocycles. The van der Waals surface area contributed by atoms with Crippen molar-refractivity contribution in [3.63, 3.8) is 0 Å². The van der Waals surface area contributed by atoms with Crippen LogP contribution in [0.2, 0.25) is 0 Å². The lowest BCUT2D eigenvalue weighted by Crippen LogP contribution is -2.05. The van der Waals surface area contributed by atoms with Gasteiger partial charge >= 0.3 is 0 Å². The predicted octanol–water partition coefficient (Wildman–Crippen LogP) is 4.38. The molecule has 2 heteroatoms. The minimum absolute atomic E-state index is 0.589. The quantitative estimate of drug-likeness (QED) is 0.783. The van der Waals surface area contributed by atoms with Crippen molar-refractivity contribution >= 4 is 9.24 Å². The van der Waals surface area contributed by atoms with E-state index >= 15 is 0 Å². The van der Waals surface area contributed by atoms with Crippen LogP contribution in [0, 0.1) is 5.92 Å². The summed E-state index contributed by atoms with van der Waals surface area (Å²) in [5.74, 6) is 1.80. The first-order valence-electron chi connectivity index (χ1n) is 7.17. The minimum atomic E-state index is 0.589. The third-order valence-electron chi connectivity index (χ3n) is 4.01. The van der Waals surface area contributed by atoms with Crippen molar-refractivity contribution < 1.29 is 0 Å². The third kappa shape index (κ3) is 4.07. The van der Waals surface area contributed by atoms with Crippen LogP contribution in [-0.4, -0.2) is 0 Å². The lowest BCUT2D eigenvalue weighted by atomic mass is 9.85. The molecule has 1 aromatic carbocycles. The zero-order valence-corrected chi connectivity index (χ0v) is 12.4. The zero-order chi connectivity index (χ0) is 12.8. The maximum absolute atomic E-state index is 5.62. The Kier molecular flexibility index (Phi) is 5.66. The molecule has 1 aliphatic carbocycles. The van der Waals surface area contributed by atoms with Crippen molar-refractivity contribution in [3.05, 3.63) is 41.3 Å². The molecule has 2 unspecified atom stereocenters. The van der Waals surface area contributed by atoms with Gasteiger partial charge in [0.2, 0.25) is 0 Å². The van der Waals surface area contributed by atoms with E-state index in [9.17, 15) is 0 Å². The molecule has 1 fully saturated rings. The van der Waals surface area contributed by atoms with E-state index in [0.29, 0.717) is 12.2 Å². The normalized spacial score (nSPS) is 18.8. The molecule has 1 nitrogen and oxygen atoms in total. The van der Waals surface area contributed by atoms with Gasteiger partial charge in [-0.15, -0.1) is 9.24 Å². The average Bonchev–Trinajstić information content (AvgIpc) is 2.46. The van der Waals surface area contributed by atoms with Gasteiger partial charge in [0.05, 0.1) is 0 Å². The summed E-state index contributed by atoms with van der Waals surface area (Å²) in [6, 6.07) is 8.76. The SMILES string of the molecule is NCc1ccc(C(P)CC[C]2CCCCC2)cc1. The van der Waals surface area contributed by atoms with Gasteiger partial charge in [-0.3, -0.25) is 0 Å². The fourth-order valence-corrected chi connectivity index (χ4v) is 3.12. The first-order valence-corrected chi connectivity index (χ1v) is 7.84. The van der Waals surface area contributed by atoms with Gasteiger partial charge in [0.25, 0.3) is 0 Å². The molecule has 0 spiro atoms. The number of nitrogens with two attached hydrogens (primary N) is 1. The van der Waals surface area contributed by atoms with Gasteiger partial charge in [-0.05, 0) is 48.4 Å². The summed E-state index contributed by atoms with van der Waals surface area (Å²) >= 11 is 0. The van der Waals surface area contributed by atoms with Crippen LogP contribution in [0.1, 0.15) is 61.7 Å². The second kappa shape index (κ2) is 7.26. The number of hydrogen-bond acceptors (Lipinski definition) is 1. The summed E-state index contributed by atoms with van der Waals surface area (Å²) in [5, 5.41) is 0. The molecule has 2 rings (SSSR count). The topological polar surface area (TPSA) is 26.0 Å². The van der Waals surface area contributed by atoms with E-state index in [1.807, 2.05) is 0 Å². The molecule has 1 radical (unpaired) electrons. The van der Waals surface area contributed by atoms with E-state index in [-0.39, 0.29) is 0 Å². The van der Waals surface area contributed by atoms with E-state index in [4.69, 9.17) is 5.73 Å². The first kappa shape index (κ1) is 14.0. The smallest absolute Gasteiger partial charge is 0.0178 e. The van der Waals surface area contributed by atoms with Gasteiger partial charge in [-0.1, -0.05) is 43.5 Å². The highest BCUT2D eigenvalue weighted by atomic mass is 31.0. The van der Waals surface area contributed by atoms with E-state index in [1.54, 1.807) is 5.92 Å². The standard InChI is InChI=1S/C16H25NP/c17-12-14-6-9-15(10-7-14)16(18)11-8-13-4-2-1-3-5-13/h6-7,9-10,16H,1-5,8,11-12,17-18H2. The van der Waals surface area contributed by atoms with Crippen LogP contribution in [0.4, 0.5) is 0 Å². The Morgan fingerprint density at radius 2 is 1.72 bits per heavy atom. The van der Waals surface area contributed by atoms with Gasteiger partial charge in [-0.2, -0.15) is 0 Å². The fraction of sp³-hybridized carbons (Fsp3) is 0.562. The van der Waals surface area contributed by atoms with Crippen LogP contribution in [0.15, 0.2) is 24.3 Å². The van der Waals surface area contributed by atoms with Gasteiger partial charge in [0.1, 0.15) is 0 Å². The fourth-order valence-electron chi connectivity index (χ4n) is 2.73. The monoisotopic (exact) mass is 262 g/mol. The maximum Gasteiger partial charge on any atom is 0.0178 e. The molecule has 0 aromatic heterocycles. The zero-order valence-electron chi connectivity index (χ0n) is 11.2. The summed E-state index contributed by atoms with van der Waals surface area (Å²) in [7, 11) is 3.00. The Hall–Kier alpha value is -0.390. The molecular weight excluding hydrogens is 237 g/mol. The van der Waals surface area contributed by atoms with E-state index < -0.39 is 0 Å². The Labute approximate surface area is 114 Å². The van der Waals surface area contributed by atoms with Crippen molar-refractivity contribution in [1.29, 1.82) is 0 Å². The molecule has 1 saturated carbocycles. The third-order valence-corrected chi connectivity index (χ3v) is 4.73. The van der Waals surface area contributed by atoms with Crippen LogP contribution in [-0.2, 0) is 6.54 Å². The highest BCUT2D eigenvalue weighted by Crippen LogP contribution is 2.35. The molecule has 0 amide bonds. The molecule has 2 atom stereocenters. The molecule has 2 N–H and O–H groups in total. The molecule has 1 aromatic rings. The van der Waals surface area contributed by atoms with Crippen LogP contribution >= 0.6 is 9.24 Å². The lowest BCUT2D eigenvalue weighted by Gasteiger charge is -2.22.